The average Bonchev–Trinajstić information content (AvgIpc) is 3.28. The second-order valence-electron chi connectivity index (χ2n) is 7.44. The number of fused-ring (bicyclic) bond motifs is 1. The molecule has 0 saturated heterocycles. The van der Waals surface area contributed by atoms with Crippen LogP contribution in [0.3, 0.4) is 0 Å². The Morgan fingerprint density at radius 2 is 1.36 bits per heavy atom. The van der Waals surface area contributed by atoms with E-state index in [2.05, 4.69) is 103 Å². The largest absolute Gasteiger partial charge is 0.335 e. The number of hydrogen-bond acceptors (Lipinski definition) is 2. The van der Waals surface area contributed by atoms with Gasteiger partial charge in [-0.3, -0.25) is 0 Å². The number of rotatable bonds is 3. The van der Waals surface area contributed by atoms with Gasteiger partial charge >= 0.3 is 0 Å². The molecule has 0 aromatic heterocycles. The van der Waals surface area contributed by atoms with E-state index in [4.69, 9.17) is 0 Å². The maximum absolute atomic E-state index is 9.31. The lowest BCUT2D eigenvalue weighted by molar-refractivity contribution is 0.262. The summed E-state index contributed by atoms with van der Waals surface area (Å²) in [6.07, 6.45) is 4.45. The smallest absolute Gasteiger partial charge is 0.111 e. The fourth-order valence-electron chi connectivity index (χ4n) is 4.42. The number of anilines is 1. The zero-order valence-corrected chi connectivity index (χ0v) is 16.2. The molecule has 0 aliphatic carbocycles. The fourth-order valence-corrected chi connectivity index (χ4v) is 4.42. The van der Waals surface area contributed by atoms with E-state index < -0.39 is 12.2 Å². The zero-order chi connectivity index (χ0) is 20.0. The first-order chi connectivity index (χ1) is 14.1. The summed E-state index contributed by atoms with van der Waals surface area (Å²) < 4.78 is 9.31. The topological polar surface area (TPSA) is 6.48 Å². The predicted octanol–water partition coefficient (Wildman–Crippen LogP) is 5.82. The molecule has 2 heteroatoms. The van der Waals surface area contributed by atoms with Crippen LogP contribution in [0.4, 0.5) is 5.69 Å². The molecule has 2 aliphatic heterocycles. The third-order valence-corrected chi connectivity index (χ3v) is 5.89. The van der Waals surface area contributed by atoms with E-state index in [9.17, 15) is 1.37 Å². The van der Waals surface area contributed by atoms with Crippen molar-refractivity contribution >= 4 is 5.69 Å². The maximum Gasteiger partial charge on any atom is 0.111 e. The molecule has 0 saturated carbocycles. The highest BCUT2D eigenvalue weighted by atomic mass is 15.4. The molecule has 3 aromatic carbocycles. The molecule has 0 N–H and O–H groups in total. The number of hydrogen-bond donors (Lipinski definition) is 0. The summed E-state index contributed by atoms with van der Waals surface area (Å²) in [6.45, 7) is 3.68. The van der Waals surface area contributed by atoms with E-state index in [-0.39, 0.29) is 0 Å². The fraction of sp³-hybridized carbons (Fsp3) is 0.154. The molecule has 2 nitrogen and oxygen atoms in total. The lowest BCUT2D eigenvalue weighted by Crippen LogP contribution is -2.43. The van der Waals surface area contributed by atoms with Crippen molar-refractivity contribution in [2.75, 3.05) is 11.5 Å². The second-order valence-corrected chi connectivity index (χ2v) is 7.44. The van der Waals surface area contributed by atoms with Gasteiger partial charge in [0, 0.05) is 11.4 Å². The van der Waals surface area contributed by atoms with Crippen LogP contribution in [0.2, 0.25) is 0 Å². The number of benzene rings is 3. The van der Waals surface area contributed by atoms with E-state index in [0.29, 0.717) is 0 Å². The molecule has 5 rings (SSSR count). The van der Waals surface area contributed by atoms with Crippen molar-refractivity contribution in [2.45, 2.75) is 19.4 Å². The summed E-state index contributed by atoms with van der Waals surface area (Å²) in [4.78, 5) is 4.40. The monoisotopic (exact) mass is 365 g/mol. The molecule has 0 radical (unpaired) electrons. The van der Waals surface area contributed by atoms with E-state index in [1.165, 1.54) is 16.7 Å². The van der Waals surface area contributed by atoms with Gasteiger partial charge in [0.15, 0.2) is 0 Å². The minimum atomic E-state index is -0.554. The van der Waals surface area contributed by atoms with Crippen LogP contribution in [-0.2, 0) is 5.54 Å². The van der Waals surface area contributed by atoms with Crippen LogP contribution in [0.15, 0.2) is 108 Å². The van der Waals surface area contributed by atoms with E-state index >= 15 is 0 Å². The molecule has 28 heavy (non-hydrogen) atoms. The Labute approximate surface area is 168 Å². The Bertz CT molecular complexity index is 1060. The Balaban J connectivity index is 1.72. The van der Waals surface area contributed by atoms with Gasteiger partial charge in [-0.15, -0.1) is 0 Å². The highest BCUT2D eigenvalue weighted by Gasteiger charge is 2.46. The van der Waals surface area contributed by atoms with Crippen molar-refractivity contribution in [3.8, 4) is 0 Å². The van der Waals surface area contributed by atoms with Crippen molar-refractivity contribution in [3.63, 3.8) is 0 Å². The summed E-state index contributed by atoms with van der Waals surface area (Å²) >= 11 is 0. The number of nitrogens with zero attached hydrogens (tertiary/aromatic N) is 2. The lowest BCUT2D eigenvalue weighted by atomic mass is 9.82. The Hall–Kier alpha value is -3.26. The van der Waals surface area contributed by atoms with Gasteiger partial charge in [0.2, 0.25) is 0 Å². The zero-order valence-electron chi connectivity index (χ0n) is 17.2. The minimum Gasteiger partial charge on any atom is -0.335 e. The van der Waals surface area contributed by atoms with Crippen LogP contribution in [0.25, 0.3) is 0 Å². The molecule has 138 valence electrons. The number of aryl methyl sites for hydroxylation is 1. The van der Waals surface area contributed by atoms with Crippen LogP contribution in [0.5, 0.6) is 0 Å². The first-order valence-electron chi connectivity index (χ1n) is 10.3. The van der Waals surface area contributed by atoms with Gasteiger partial charge in [-0.05, 0) is 48.8 Å². The number of allylic oxidation sites excluding steroid dienone is 2. The van der Waals surface area contributed by atoms with Gasteiger partial charge in [0.25, 0.3) is 0 Å². The van der Waals surface area contributed by atoms with Gasteiger partial charge in [-0.2, -0.15) is 0 Å². The maximum atomic E-state index is 9.31. The number of para-hydroxylation sites is 1. The summed E-state index contributed by atoms with van der Waals surface area (Å²) in [5.41, 5.74) is 6.35. The van der Waals surface area contributed by atoms with Crippen molar-refractivity contribution in [2.24, 2.45) is 0 Å². The first kappa shape index (κ1) is 15.8. The first-order valence-corrected chi connectivity index (χ1v) is 9.72. The highest BCUT2D eigenvalue weighted by molar-refractivity contribution is 5.63. The van der Waals surface area contributed by atoms with Crippen LogP contribution in [-0.4, -0.2) is 11.5 Å². The molecule has 3 aromatic rings. The van der Waals surface area contributed by atoms with Crippen molar-refractivity contribution in [3.05, 3.63) is 125 Å². The van der Waals surface area contributed by atoms with Crippen molar-refractivity contribution in [1.82, 2.24) is 4.90 Å². The van der Waals surface area contributed by atoms with Crippen LogP contribution in [0.1, 0.15) is 25.0 Å². The summed E-state index contributed by atoms with van der Waals surface area (Å²) in [5, 5.41) is 0. The molecule has 2 aliphatic rings. The third kappa shape index (κ3) is 2.34. The Kier molecular flexibility index (Phi) is 3.61. The summed E-state index contributed by atoms with van der Waals surface area (Å²) in [6, 6.07) is 29.4. The van der Waals surface area contributed by atoms with Gasteiger partial charge in [-0.1, -0.05) is 78.9 Å². The van der Waals surface area contributed by atoms with Crippen LogP contribution >= 0.6 is 0 Å². The van der Waals surface area contributed by atoms with Gasteiger partial charge in [-0.25, -0.2) is 0 Å². The van der Waals surface area contributed by atoms with Gasteiger partial charge in [0.05, 0.1) is 13.7 Å². The molecular formula is C26H24N2. The molecular weight excluding hydrogens is 340 g/mol. The van der Waals surface area contributed by atoms with E-state index in [1.807, 2.05) is 18.2 Å². The molecule has 0 spiro atoms. The second kappa shape index (κ2) is 6.42. The molecule has 0 fully saturated rings. The SMILES string of the molecule is [2H]C1N(c2ccccc2C)C(C)=C2C=CC(c3ccccc3)(c3ccccc3)N21. The van der Waals surface area contributed by atoms with E-state index in [1.54, 1.807) is 0 Å². The highest BCUT2D eigenvalue weighted by Crippen LogP contribution is 2.48. The third-order valence-electron chi connectivity index (χ3n) is 5.89. The quantitative estimate of drug-likeness (QED) is 0.577. The Morgan fingerprint density at radius 3 is 1.96 bits per heavy atom. The lowest BCUT2D eigenvalue weighted by Gasteiger charge is -2.40. The van der Waals surface area contributed by atoms with Crippen molar-refractivity contribution in [1.29, 1.82) is 0 Å². The molecule has 0 bridgehead atoms. The molecule has 1 unspecified atom stereocenters. The average molecular weight is 365 g/mol. The summed E-state index contributed by atoms with van der Waals surface area (Å²) in [5.74, 6) is 0. The predicted molar refractivity (Wildman–Crippen MR) is 116 cm³/mol. The van der Waals surface area contributed by atoms with Gasteiger partial charge < -0.3 is 9.80 Å². The molecule has 1 atom stereocenters. The summed E-state index contributed by atoms with van der Waals surface area (Å²) in [7, 11) is 0. The standard InChI is InChI=1S/C26H24N2/c1-20-11-9-10-16-24(20)27-19-28-25(21(27)2)17-18-26(28,22-12-5-3-6-13-22)23-14-7-4-8-15-23/h3-18H,19H2,1-2H3/i19D. The normalized spacial score (nSPS) is 20.5. The molecule has 2 heterocycles. The van der Waals surface area contributed by atoms with Gasteiger partial charge in [0.1, 0.15) is 5.54 Å². The Morgan fingerprint density at radius 1 is 0.786 bits per heavy atom. The molecule has 0 amide bonds. The van der Waals surface area contributed by atoms with Crippen LogP contribution in [0, 0.1) is 6.92 Å². The van der Waals surface area contributed by atoms with E-state index in [0.717, 1.165) is 17.1 Å². The minimum absolute atomic E-state index is 0.497. The van der Waals surface area contributed by atoms with Crippen LogP contribution < -0.4 is 4.90 Å². The van der Waals surface area contributed by atoms with Crippen molar-refractivity contribution < 1.29 is 1.37 Å².